The molecule has 23 heavy (non-hydrogen) atoms. The predicted octanol–water partition coefficient (Wildman–Crippen LogP) is 1.29. The summed E-state index contributed by atoms with van der Waals surface area (Å²) < 4.78 is 4.90. The highest BCUT2D eigenvalue weighted by Crippen LogP contribution is 2.21. The van der Waals surface area contributed by atoms with Gasteiger partial charge >= 0.3 is 0 Å². The Balaban J connectivity index is 1.52. The lowest BCUT2D eigenvalue weighted by molar-refractivity contribution is -0.136. The summed E-state index contributed by atoms with van der Waals surface area (Å²) in [6.45, 7) is 1.77. The number of nitrogens with one attached hydrogen (secondary N) is 1. The molecule has 3 rings (SSSR count). The standard InChI is InChI=1S/C16H21N5O2/c1-23-11-16(22)21-6-3-12(4-7-21)8-13-9-18-15(10-17-13)14-2-5-19-20-14/h2,5,9-10,12H,3-4,6-8,11H2,1H3,(H,19,20). The Hall–Kier alpha value is -2.28. The molecule has 0 aliphatic carbocycles. The number of ether oxygens (including phenoxy) is 1. The van der Waals surface area contributed by atoms with Crippen molar-refractivity contribution >= 4 is 5.91 Å². The molecule has 0 saturated carbocycles. The average molecular weight is 315 g/mol. The summed E-state index contributed by atoms with van der Waals surface area (Å²) in [6.07, 6.45) is 8.21. The Bertz CT molecular complexity index is 618. The molecular weight excluding hydrogens is 294 g/mol. The zero-order chi connectivity index (χ0) is 16.1. The first kappa shape index (κ1) is 15.6. The molecule has 0 aromatic carbocycles. The van der Waals surface area contributed by atoms with Gasteiger partial charge in [-0.15, -0.1) is 0 Å². The van der Waals surface area contributed by atoms with Crippen molar-refractivity contribution in [2.45, 2.75) is 19.3 Å². The number of H-pyrrole nitrogens is 1. The van der Waals surface area contributed by atoms with Crippen molar-refractivity contribution in [2.24, 2.45) is 5.92 Å². The molecule has 0 unspecified atom stereocenters. The molecule has 1 saturated heterocycles. The van der Waals surface area contributed by atoms with E-state index in [1.807, 2.05) is 17.2 Å². The number of nitrogens with zero attached hydrogens (tertiary/aromatic N) is 4. The molecule has 0 radical (unpaired) electrons. The monoisotopic (exact) mass is 315 g/mol. The largest absolute Gasteiger partial charge is 0.375 e. The lowest BCUT2D eigenvalue weighted by Crippen LogP contribution is -2.40. The van der Waals surface area contributed by atoms with E-state index < -0.39 is 0 Å². The van der Waals surface area contributed by atoms with Crippen LogP contribution < -0.4 is 0 Å². The van der Waals surface area contributed by atoms with Crippen molar-refractivity contribution in [3.8, 4) is 11.4 Å². The predicted molar refractivity (Wildman–Crippen MR) is 84.5 cm³/mol. The molecule has 1 amide bonds. The maximum absolute atomic E-state index is 11.8. The first-order chi connectivity index (χ1) is 11.3. The summed E-state index contributed by atoms with van der Waals surface area (Å²) in [7, 11) is 1.55. The van der Waals surface area contributed by atoms with Crippen LogP contribution in [0.5, 0.6) is 0 Å². The van der Waals surface area contributed by atoms with Crippen LogP contribution in [-0.4, -0.2) is 57.8 Å². The fourth-order valence-electron chi connectivity index (χ4n) is 2.89. The molecule has 122 valence electrons. The van der Waals surface area contributed by atoms with Crippen LogP contribution in [0.25, 0.3) is 11.4 Å². The molecule has 7 nitrogen and oxygen atoms in total. The maximum Gasteiger partial charge on any atom is 0.248 e. The van der Waals surface area contributed by atoms with E-state index >= 15 is 0 Å². The third kappa shape index (κ3) is 3.92. The second kappa shape index (κ2) is 7.32. The third-order valence-electron chi connectivity index (χ3n) is 4.21. The van der Waals surface area contributed by atoms with Crippen LogP contribution in [0.15, 0.2) is 24.7 Å². The number of hydrogen-bond donors (Lipinski definition) is 1. The number of amides is 1. The Morgan fingerprint density at radius 3 is 2.78 bits per heavy atom. The Morgan fingerprint density at radius 1 is 1.35 bits per heavy atom. The fraction of sp³-hybridized carbons (Fsp3) is 0.500. The van der Waals surface area contributed by atoms with Gasteiger partial charge in [0.2, 0.25) is 5.91 Å². The van der Waals surface area contributed by atoms with Crippen molar-refractivity contribution in [1.29, 1.82) is 0 Å². The van der Waals surface area contributed by atoms with Gasteiger partial charge in [-0.25, -0.2) is 0 Å². The number of carbonyl (C=O) groups is 1. The van der Waals surface area contributed by atoms with Gasteiger partial charge < -0.3 is 9.64 Å². The highest BCUT2D eigenvalue weighted by molar-refractivity contribution is 5.77. The molecule has 7 heteroatoms. The van der Waals surface area contributed by atoms with Crippen LogP contribution in [0.2, 0.25) is 0 Å². The number of likely N-dealkylation sites (tertiary alicyclic amines) is 1. The highest BCUT2D eigenvalue weighted by atomic mass is 16.5. The van der Waals surface area contributed by atoms with Crippen molar-refractivity contribution in [3.05, 3.63) is 30.4 Å². The van der Waals surface area contributed by atoms with E-state index in [-0.39, 0.29) is 12.5 Å². The molecule has 1 aliphatic heterocycles. The Morgan fingerprint density at radius 2 is 2.17 bits per heavy atom. The van der Waals surface area contributed by atoms with Gasteiger partial charge in [0.15, 0.2) is 0 Å². The lowest BCUT2D eigenvalue weighted by Gasteiger charge is -2.31. The summed E-state index contributed by atoms with van der Waals surface area (Å²) in [4.78, 5) is 22.6. The van der Waals surface area contributed by atoms with Gasteiger partial charge in [-0.1, -0.05) is 0 Å². The number of aromatic nitrogens is 4. The first-order valence-corrected chi connectivity index (χ1v) is 7.83. The normalized spacial score (nSPS) is 15.8. The molecule has 3 heterocycles. The van der Waals surface area contributed by atoms with Crippen molar-refractivity contribution in [3.63, 3.8) is 0 Å². The van der Waals surface area contributed by atoms with Gasteiger partial charge in [-0.2, -0.15) is 5.10 Å². The van der Waals surface area contributed by atoms with Gasteiger partial charge in [-0.3, -0.25) is 19.9 Å². The topological polar surface area (TPSA) is 84.0 Å². The second-order valence-electron chi connectivity index (χ2n) is 5.82. The summed E-state index contributed by atoms with van der Waals surface area (Å²) in [5.41, 5.74) is 2.66. The third-order valence-corrected chi connectivity index (χ3v) is 4.21. The number of hydrogen-bond acceptors (Lipinski definition) is 5. The van der Waals surface area contributed by atoms with Crippen molar-refractivity contribution in [1.82, 2.24) is 25.1 Å². The number of piperidine rings is 1. The number of rotatable bonds is 5. The van der Waals surface area contributed by atoms with E-state index in [2.05, 4.69) is 20.2 Å². The average Bonchev–Trinajstić information content (AvgIpc) is 3.11. The van der Waals surface area contributed by atoms with Crippen LogP contribution in [0.1, 0.15) is 18.5 Å². The molecule has 0 atom stereocenters. The molecule has 0 bridgehead atoms. The van der Waals surface area contributed by atoms with E-state index in [0.717, 1.165) is 49.4 Å². The second-order valence-corrected chi connectivity index (χ2v) is 5.82. The van der Waals surface area contributed by atoms with Crippen LogP contribution in [0, 0.1) is 5.92 Å². The van der Waals surface area contributed by atoms with Gasteiger partial charge in [0.25, 0.3) is 0 Å². The summed E-state index contributed by atoms with van der Waals surface area (Å²) in [5, 5.41) is 6.79. The molecule has 0 spiro atoms. The summed E-state index contributed by atoms with van der Waals surface area (Å²) in [5.74, 6) is 0.628. The lowest BCUT2D eigenvalue weighted by atomic mass is 9.92. The highest BCUT2D eigenvalue weighted by Gasteiger charge is 2.23. The summed E-state index contributed by atoms with van der Waals surface area (Å²) in [6, 6.07) is 1.87. The number of methoxy groups -OCH3 is 1. The van der Waals surface area contributed by atoms with Gasteiger partial charge in [-0.05, 0) is 31.2 Å². The van der Waals surface area contributed by atoms with E-state index in [1.165, 1.54) is 0 Å². The van der Waals surface area contributed by atoms with Crippen molar-refractivity contribution in [2.75, 3.05) is 26.8 Å². The fourth-order valence-corrected chi connectivity index (χ4v) is 2.89. The minimum Gasteiger partial charge on any atom is -0.375 e. The molecule has 1 fully saturated rings. The first-order valence-electron chi connectivity index (χ1n) is 7.83. The SMILES string of the molecule is COCC(=O)N1CCC(Cc2cnc(-c3ccn[nH]3)cn2)CC1. The zero-order valence-corrected chi connectivity index (χ0v) is 13.2. The minimum atomic E-state index is 0.0784. The van der Waals surface area contributed by atoms with Crippen LogP contribution in [-0.2, 0) is 16.0 Å². The smallest absolute Gasteiger partial charge is 0.248 e. The molecular formula is C16H21N5O2. The van der Waals surface area contributed by atoms with E-state index in [9.17, 15) is 4.79 Å². The van der Waals surface area contributed by atoms with E-state index in [4.69, 9.17) is 4.74 Å². The van der Waals surface area contributed by atoms with E-state index in [0.29, 0.717) is 5.92 Å². The molecule has 2 aromatic rings. The van der Waals surface area contributed by atoms with Gasteiger partial charge in [0.05, 0.1) is 17.6 Å². The number of aromatic amines is 1. The maximum atomic E-state index is 11.8. The van der Waals surface area contributed by atoms with Gasteiger partial charge in [0.1, 0.15) is 12.3 Å². The van der Waals surface area contributed by atoms with Crippen LogP contribution in [0.4, 0.5) is 0 Å². The van der Waals surface area contributed by atoms with Crippen LogP contribution in [0.3, 0.4) is 0 Å². The van der Waals surface area contributed by atoms with Crippen LogP contribution >= 0.6 is 0 Å². The Labute approximate surface area is 135 Å². The van der Waals surface area contributed by atoms with E-state index in [1.54, 1.807) is 19.5 Å². The molecule has 2 aromatic heterocycles. The number of carbonyl (C=O) groups excluding carboxylic acids is 1. The van der Waals surface area contributed by atoms with Gasteiger partial charge in [0, 0.05) is 32.6 Å². The van der Waals surface area contributed by atoms with Crippen molar-refractivity contribution < 1.29 is 9.53 Å². The minimum absolute atomic E-state index is 0.0784. The quantitative estimate of drug-likeness (QED) is 0.899. The Kier molecular flexibility index (Phi) is 4.97. The molecule has 1 aliphatic rings. The zero-order valence-electron chi connectivity index (χ0n) is 13.2. The molecule has 1 N–H and O–H groups in total. The summed E-state index contributed by atoms with van der Waals surface area (Å²) >= 11 is 0.